The maximum atomic E-state index is 13.1. The van der Waals surface area contributed by atoms with Crippen LogP contribution in [0, 0.1) is 0 Å². The summed E-state index contributed by atoms with van der Waals surface area (Å²) in [6.45, 7) is 3.25. The van der Waals surface area contributed by atoms with E-state index in [1.807, 2.05) is 0 Å². The zero-order valence-corrected chi connectivity index (χ0v) is 19.5. The number of carbonyl (C=O) groups excluding carboxylic acids is 1. The zero-order valence-electron chi connectivity index (χ0n) is 17.1. The molecule has 1 atom stereocenters. The van der Waals surface area contributed by atoms with Crippen LogP contribution in [0.15, 0.2) is 23.1 Å². The van der Waals surface area contributed by atoms with E-state index < -0.39 is 19.9 Å². The molecule has 3 saturated heterocycles. The zero-order chi connectivity index (χ0) is 22.2. The van der Waals surface area contributed by atoms with Gasteiger partial charge < -0.3 is 9.64 Å². The SMILES string of the molecule is O=C(c1cc(S(=O)(=O)N2CCOCC2)ccc1Cl)N1CCN([C@@H]2CCS(=O)(=O)C2)CC1. The van der Waals surface area contributed by atoms with Gasteiger partial charge in [-0.2, -0.15) is 4.31 Å². The molecular formula is C19H26ClN3O6S2. The molecule has 0 N–H and O–H groups in total. The van der Waals surface area contributed by atoms with Crippen molar-refractivity contribution < 1.29 is 26.4 Å². The van der Waals surface area contributed by atoms with Crippen molar-refractivity contribution in [3.8, 4) is 0 Å². The molecule has 0 unspecified atom stereocenters. The highest BCUT2D eigenvalue weighted by molar-refractivity contribution is 7.91. The normalized spacial score (nSPS) is 25.6. The molecule has 0 aliphatic carbocycles. The predicted octanol–water partition coefficient (Wildman–Crippen LogP) is 0.306. The van der Waals surface area contributed by atoms with E-state index in [0.29, 0.717) is 45.8 Å². The Balaban J connectivity index is 1.46. The van der Waals surface area contributed by atoms with Gasteiger partial charge in [-0.1, -0.05) is 11.6 Å². The quantitative estimate of drug-likeness (QED) is 0.596. The maximum Gasteiger partial charge on any atom is 0.255 e. The first kappa shape index (κ1) is 22.9. The average Bonchev–Trinajstić information content (AvgIpc) is 3.14. The van der Waals surface area contributed by atoms with Gasteiger partial charge in [0.25, 0.3) is 5.91 Å². The van der Waals surface area contributed by atoms with E-state index >= 15 is 0 Å². The van der Waals surface area contributed by atoms with Crippen LogP contribution in [0.4, 0.5) is 0 Å². The van der Waals surface area contributed by atoms with Gasteiger partial charge in [-0.25, -0.2) is 16.8 Å². The van der Waals surface area contributed by atoms with Crippen molar-refractivity contribution in [3.05, 3.63) is 28.8 Å². The maximum absolute atomic E-state index is 13.1. The fraction of sp³-hybridized carbons (Fsp3) is 0.632. The lowest BCUT2D eigenvalue weighted by atomic mass is 10.1. The van der Waals surface area contributed by atoms with Gasteiger partial charge in [0.05, 0.1) is 40.2 Å². The second-order valence-electron chi connectivity index (χ2n) is 8.04. The third kappa shape index (κ3) is 4.91. The number of sulfone groups is 1. The van der Waals surface area contributed by atoms with E-state index in [2.05, 4.69) is 4.90 Å². The van der Waals surface area contributed by atoms with Gasteiger partial charge in [0.2, 0.25) is 10.0 Å². The monoisotopic (exact) mass is 491 g/mol. The molecule has 3 aliphatic rings. The molecular weight excluding hydrogens is 466 g/mol. The number of amides is 1. The summed E-state index contributed by atoms with van der Waals surface area (Å²) in [6, 6.07) is 4.23. The Hall–Kier alpha value is -1.24. The molecule has 31 heavy (non-hydrogen) atoms. The molecule has 1 aromatic rings. The number of sulfonamides is 1. The molecule has 3 heterocycles. The minimum absolute atomic E-state index is 0.00725. The van der Waals surface area contributed by atoms with Gasteiger partial charge in [0.15, 0.2) is 9.84 Å². The third-order valence-corrected chi connectivity index (χ3v) is 10.1. The Labute approximate surface area is 187 Å². The van der Waals surface area contributed by atoms with Crippen molar-refractivity contribution in [2.24, 2.45) is 0 Å². The van der Waals surface area contributed by atoms with Crippen LogP contribution in [0.3, 0.4) is 0 Å². The average molecular weight is 492 g/mol. The second kappa shape index (κ2) is 8.95. The molecule has 9 nitrogen and oxygen atoms in total. The number of ether oxygens (including phenoxy) is 1. The van der Waals surface area contributed by atoms with Crippen LogP contribution in [0.1, 0.15) is 16.8 Å². The first-order valence-corrected chi connectivity index (χ1v) is 13.9. The molecule has 12 heteroatoms. The molecule has 0 saturated carbocycles. The highest BCUT2D eigenvalue weighted by Crippen LogP contribution is 2.26. The van der Waals surface area contributed by atoms with Gasteiger partial charge in [-0.15, -0.1) is 0 Å². The van der Waals surface area contributed by atoms with Crippen LogP contribution in [0.2, 0.25) is 5.02 Å². The summed E-state index contributed by atoms with van der Waals surface area (Å²) in [7, 11) is -6.70. The summed E-state index contributed by atoms with van der Waals surface area (Å²) in [5.74, 6) is 0.0770. The van der Waals surface area contributed by atoms with Crippen molar-refractivity contribution in [2.45, 2.75) is 17.4 Å². The predicted molar refractivity (Wildman–Crippen MR) is 116 cm³/mol. The van der Waals surface area contributed by atoms with Gasteiger partial charge in [-0.3, -0.25) is 9.69 Å². The number of hydrogen-bond donors (Lipinski definition) is 0. The topological polar surface area (TPSA) is 104 Å². The molecule has 4 rings (SSSR count). The number of carbonyl (C=O) groups is 1. The van der Waals surface area contributed by atoms with Crippen LogP contribution in [-0.4, -0.2) is 107 Å². The summed E-state index contributed by atoms with van der Waals surface area (Å²) in [6.07, 6.45) is 0.629. The minimum Gasteiger partial charge on any atom is -0.379 e. The third-order valence-electron chi connectivity index (χ3n) is 6.10. The first-order valence-electron chi connectivity index (χ1n) is 10.3. The van der Waals surface area contributed by atoms with Gasteiger partial charge in [0, 0.05) is 45.3 Å². The molecule has 3 fully saturated rings. The van der Waals surface area contributed by atoms with Crippen molar-refractivity contribution in [2.75, 3.05) is 64.0 Å². The molecule has 1 aromatic carbocycles. The minimum atomic E-state index is -3.74. The molecule has 0 radical (unpaired) electrons. The Bertz CT molecular complexity index is 1050. The van der Waals surface area contributed by atoms with E-state index in [4.69, 9.17) is 16.3 Å². The molecule has 0 aromatic heterocycles. The lowest BCUT2D eigenvalue weighted by Crippen LogP contribution is -2.52. The smallest absolute Gasteiger partial charge is 0.255 e. The van der Waals surface area contributed by atoms with Crippen molar-refractivity contribution >= 4 is 37.4 Å². The standard InChI is InChI=1S/C19H26ClN3O6S2/c20-18-2-1-16(31(27,28)23-8-10-29-11-9-23)13-17(18)19(24)22-6-4-21(5-7-22)15-3-12-30(25,26)14-15/h1-2,13,15H,3-12,14H2/t15-/m1/s1. The van der Waals surface area contributed by atoms with E-state index in [0.717, 1.165) is 0 Å². The van der Waals surface area contributed by atoms with Crippen LogP contribution in [0.5, 0.6) is 0 Å². The highest BCUT2D eigenvalue weighted by atomic mass is 35.5. The number of piperazine rings is 1. The molecule has 1 amide bonds. The number of hydrogen-bond acceptors (Lipinski definition) is 7. The lowest BCUT2D eigenvalue weighted by Gasteiger charge is -2.37. The van der Waals surface area contributed by atoms with Crippen LogP contribution in [0.25, 0.3) is 0 Å². The second-order valence-corrected chi connectivity index (χ2v) is 12.6. The summed E-state index contributed by atoms with van der Waals surface area (Å²) in [4.78, 5) is 16.9. The van der Waals surface area contributed by atoms with Gasteiger partial charge in [0.1, 0.15) is 0 Å². The molecule has 3 aliphatic heterocycles. The molecule has 172 valence electrons. The fourth-order valence-corrected chi connectivity index (χ4v) is 7.68. The summed E-state index contributed by atoms with van der Waals surface area (Å²) < 4.78 is 55.9. The van der Waals surface area contributed by atoms with Crippen LogP contribution in [-0.2, 0) is 24.6 Å². The van der Waals surface area contributed by atoms with E-state index in [-0.39, 0.29) is 52.0 Å². The van der Waals surface area contributed by atoms with Gasteiger partial charge in [-0.05, 0) is 24.6 Å². The highest BCUT2D eigenvalue weighted by Gasteiger charge is 2.35. The number of morpholine rings is 1. The Morgan fingerprint density at radius 1 is 1.06 bits per heavy atom. The van der Waals surface area contributed by atoms with Crippen molar-refractivity contribution in [3.63, 3.8) is 0 Å². The number of halogens is 1. The first-order chi connectivity index (χ1) is 14.7. The number of benzene rings is 1. The van der Waals surface area contributed by atoms with E-state index in [9.17, 15) is 21.6 Å². The fourth-order valence-electron chi connectivity index (χ4n) is 4.29. The Morgan fingerprint density at radius 3 is 2.35 bits per heavy atom. The summed E-state index contributed by atoms with van der Waals surface area (Å²) in [5.41, 5.74) is 0.160. The summed E-state index contributed by atoms with van der Waals surface area (Å²) >= 11 is 6.26. The molecule has 0 bridgehead atoms. The van der Waals surface area contributed by atoms with Crippen LogP contribution >= 0.6 is 11.6 Å². The summed E-state index contributed by atoms with van der Waals surface area (Å²) in [5, 5.41) is 0.204. The van der Waals surface area contributed by atoms with Crippen molar-refractivity contribution in [1.29, 1.82) is 0 Å². The lowest BCUT2D eigenvalue weighted by molar-refractivity contribution is 0.0587. The Morgan fingerprint density at radius 2 is 1.74 bits per heavy atom. The van der Waals surface area contributed by atoms with Gasteiger partial charge >= 0.3 is 0 Å². The van der Waals surface area contributed by atoms with Crippen LogP contribution < -0.4 is 0 Å². The van der Waals surface area contributed by atoms with E-state index in [1.165, 1.54) is 22.5 Å². The van der Waals surface area contributed by atoms with Crippen molar-refractivity contribution in [1.82, 2.24) is 14.1 Å². The largest absolute Gasteiger partial charge is 0.379 e. The van der Waals surface area contributed by atoms with E-state index in [1.54, 1.807) is 4.90 Å². The number of nitrogens with zero attached hydrogens (tertiary/aromatic N) is 3. The number of rotatable bonds is 4. The molecule has 0 spiro atoms. The Kier molecular flexibility index (Phi) is 6.62.